The third-order valence-corrected chi connectivity index (χ3v) is 5.21. The summed E-state index contributed by atoms with van der Waals surface area (Å²) < 4.78 is 5.15. The Kier molecular flexibility index (Phi) is 5.11. The lowest BCUT2D eigenvalue weighted by Crippen LogP contribution is -2.36. The molecule has 7 heteroatoms. The molecular formula is C17H17Cl2NO4. The van der Waals surface area contributed by atoms with E-state index in [1.807, 2.05) is 0 Å². The lowest BCUT2D eigenvalue weighted by atomic mass is 9.81. The molecule has 0 unspecified atom stereocenters. The third kappa shape index (κ3) is 3.42. The highest BCUT2D eigenvalue weighted by Crippen LogP contribution is 2.37. The number of rotatable bonds is 4. The number of benzene rings is 1. The molecule has 2 atom stereocenters. The van der Waals surface area contributed by atoms with Crippen LogP contribution in [0.3, 0.4) is 0 Å². The van der Waals surface area contributed by atoms with Crippen molar-refractivity contribution < 1.29 is 19.1 Å². The first-order chi connectivity index (χ1) is 11.5. The highest BCUT2D eigenvalue weighted by molar-refractivity contribution is 6.35. The number of carbonyl (C=O) groups excluding carboxylic acids is 3. The molecule has 0 spiro atoms. The summed E-state index contributed by atoms with van der Waals surface area (Å²) in [5.74, 6) is -1.63. The van der Waals surface area contributed by atoms with Gasteiger partial charge in [-0.1, -0.05) is 42.1 Å². The Labute approximate surface area is 149 Å². The van der Waals surface area contributed by atoms with Crippen LogP contribution in [0.2, 0.25) is 10.0 Å². The van der Waals surface area contributed by atoms with Gasteiger partial charge in [-0.2, -0.15) is 0 Å². The van der Waals surface area contributed by atoms with Gasteiger partial charge in [0.05, 0.1) is 11.8 Å². The van der Waals surface area contributed by atoms with Crippen LogP contribution in [0.25, 0.3) is 0 Å². The topological polar surface area (TPSA) is 63.7 Å². The van der Waals surface area contributed by atoms with Crippen LogP contribution in [0, 0.1) is 11.8 Å². The van der Waals surface area contributed by atoms with Gasteiger partial charge in [-0.25, -0.2) is 0 Å². The molecule has 2 aliphatic rings. The van der Waals surface area contributed by atoms with Gasteiger partial charge in [-0.3, -0.25) is 19.3 Å². The molecule has 1 aliphatic carbocycles. The van der Waals surface area contributed by atoms with E-state index in [0.29, 0.717) is 15.6 Å². The van der Waals surface area contributed by atoms with Gasteiger partial charge in [-0.05, 0) is 25.0 Å². The summed E-state index contributed by atoms with van der Waals surface area (Å²) in [7, 11) is 0. The average Bonchev–Trinajstić information content (AvgIpc) is 2.79. The molecule has 1 heterocycles. The minimum Gasteiger partial charge on any atom is -0.459 e. The Morgan fingerprint density at radius 1 is 1.12 bits per heavy atom. The average molecular weight is 370 g/mol. The second-order valence-corrected chi connectivity index (χ2v) is 7.00. The maximum absolute atomic E-state index is 12.3. The number of hydrogen-bond acceptors (Lipinski definition) is 4. The van der Waals surface area contributed by atoms with Crippen LogP contribution < -0.4 is 0 Å². The zero-order valence-electron chi connectivity index (χ0n) is 13.0. The number of amides is 2. The van der Waals surface area contributed by atoms with Crippen molar-refractivity contribution in [2.45, 2.75) is 32.3 Å². The molecule has 0 bridgehead atoms. The van der Waals surface area contributed by atoms with Crippen molar-refractivity contribution in [3.63, 3.8) is 0 Å². The maximum Gasteiger partial charge on any atom is 0.326 e. The summed E-state index contributed by atoms with van der Waals surface area (Å²) in [5.41, 5.74) is 0.613. The zero-order chi connectivity index (χ0) is 17.3. The van der Waals surface area contributed by atoms with Gasteiger partial charge in [0.2, 0.25) is 11.8 Å². The smallest absolute Gasteiger partial charge is 0.326 e. The van der Waals surface area contributed by atoms with E-state index in [9.17, 15) is 14.4 Å². The number of nitrogens with zero attached hydrogens (tertiary/aromatic N) is 1. The van der Waals surface area contributed by atoms with Crippen molar-refractivity contribution in [2.75, 3.05) is 6.54 Å². The van der Waals surface area contributed by atoms with Crippen molar-refractivity contribution in [2.24, 2.45) is 11.8 Å². The second-order valence-electron chi connectivity index (χ2n) is 6.16. The fraction of sp³-hybridized carbons (Fsp3) is 0.471. The zero-order valence-corrected chi connectivity index (χ0v) is 14.5. The van der Waals surface area contributed by atoms with E-state index in [4.69, 9.17) is 27.9 Å². The lowest BCUT2D eigenvalue weighted by Gasteiger charge is -2.19. The van der Waals surface area contributed by atoms with E-state index >= 15 is 0 Å². The molecule has 24 heavy (non-hydrogen) atoms. The standard InChI is InChI=1S/C17H17Cl2NO4/c18-11-6-5-10(14(19)7-11)9-24-15(21)8-20-16(22)12-3-1-2-4-13(12)17(20)23/h5-7,12-13H,1-4,8-9H2/t12-,13-/m1/s1. The van der Waals surface area contributed by atoms with Crippen molar-refractivity contribution in [1.82, 2.24) is 4.90 Å². The number of halogens is 2. The van der Waals surface area contributed by atoms with Crippen LogP contribution in [-0.4, -0.2) is 29.2 Å². The van der Waals surface area contributed by atoms with E-state index in [0.717, 1.165) is 30.6 Å². The van der Waals surface area contributed by atoms with Crippen LogP contribution in [0.4, 0.5) is 0 Å². The summed E-state index contributed by atoms with van der Waals surface area (Å²) in [6.07, 6.45) is 3.35. The molecule has 5 nitrogen and oxygen atoms in total. The van der Waals surface area contributed by atoms with Gasteiger partial charge in [0, 0.05) is 15.6 Å². The molecule has 128 valence electrons. The summed E-state index contributed by atoms with van der Waals surface area (Å²) in [6, 6.07) is 4.87. The van der Waals surface area contributed by atoms with Crippen molar-refractivity contribution in [3.05, 3.63) is 33.8 Å². The molecule has 1 saturated carbocycles. The highest BCUT2D eigenvalue weighted by Gasteiger charge is 2.48. The minimum absolute atomic E-state index is 0.0298. The maximum atomic E-state index is 12.3. The van der Waals surface area contributed by atoms with E-state index in [1.54, 1.807) is 18.2 Å². The van der Waals surface area contributed by atoms with Gasteiger partial charge in [0.15, 0.2) is 0 Å². The number of carbonyl (C=O) groups is 3. The Balaban J connectivity index is 1.58. The predicted octanol–water partition coefficient (Wildman–Crippen LogP) is 3.21. The SMILES string of the molecule is O=C(CN1C(=O)[C@@H]2CCCC[C@H]2C1=O)OCc1ccc(Cl)cc1Cl. The van der Waals surface area contributed by atoms with Gasteiger partial charge in [0.25, 0.3) is 0 Å². The largest absolute Gasteiger partial charge is 0.459 e. The third-order valence-electron chi connectivity index (χ3n) is 4.62. The Hall–Kier alpha value is -1.59. The van der Waals surface area contributed by atoms with Gasteiger partial charge < -0.3 is 4.74 Å². The number of hydrogen-bond donors (Lipinski definition) is 0. The number of fused-ring (bicyclic) bond motifs is 1. The Morgan fingerprint density at radius 2 is 1.75 bits per heavy atom. The molecule has 0 N–H and O–H groups in total. The van der Waals surface area contributed by atoms with Crippen molar-refractivity contribution >= 4 is 41.0 Å². The van der Waals surface area contributed by atoms with E-state index < -0.39 is 5.97 Å². The molecule has 3 rings (SSSR count). The number of likely N-dealkylation sites (tertiary alicyclic amines) is 1. The Morgan fingerprint density at radius 3 is 2.33 bits per heavy atom. The van der Waals surface area contributed by atoms with Crippen molar-refractivity contribution in [3.8, 4) is 0 Å². The number of esters is 1. The monoisotopic (exact) mass is 369 g/mol. The first-order valence-electron chi connectivity index (χ1n) is 7.92. The minimum atomic E-state index is -0.624. The van der Waals surface area contributed by atoms with Crippen LogP contribution in [0.1, 0.15) is 31.2 Å². The van der Waals surface area contributed by atoms with Crippen LogP contribution in [0.5, 0.6) is 0 Å². The normalized spacial score (nSPS) is 23.3. The van der Waals surface area contributed by atoms with Gasteiger partial charge >= 0.3 is 5.97 Å². The fourth-order valence-electron chi connectivity index (χ4n) is 3.36. The summed E-state index contributed by atoms with van der Waals surface area (Å²) >= 11 is 11.8. The van der Waals surface area contributed by atoms with E-state index in [2.05, 4.69) is 0 Å². The quantitative estimate of drug-likeness (QED) is 0.603. The van der Waals surface area contributed by atoms with E-state index in [-0.39, 0.29) is 36.8 Å². The second kappa shape index (κ2) is 7.11. The number of ether oxygens (including phenoxy) is 1. The lowest BCUT2D eigenvalue weighted by molar-refractivity contribution is -0.153. The first kappa shape index (κ1) is 17.2. The van der Waals surface area contributed by atoms with Crippen molar-refractivity contribution in [1.29, 1.82) is 0 Å². The summed E-state index contributed by atoms with van der Waals surface area (Å²) in [5, 5.41) is 0.889. The molecule has 0 radical (unpaired) electrons. The van der Waals surface area contributed by atoms with Crippen LogP contribution in [-0.2, 0) is 25.7 Å². The molecule has 1 saturated heterocycles. The fourth-order valence-corrected chi connectivity index (χ4v) is 3.82. The molecule has 2 fully saturated rings. The molecular weight excluding hydrogens is 353 g/mol. The Bertz CT molecular complexity index is 667. The molecule has 1 aliphatic heterocycles. The summed E-state index contributed by atoms with van der Waals surface area (Å²) in [4.78, 5) is 37.7. The summed E-state index contributed by atoms with van der Waals surface area (Å²) in [6.45, 7) is -0.367. The van der Waals surface area contributed by atoms with E-state index in [1.165, 1.54) is 0 Å². The van der Waals surface area contributed by atoms with Crippen LogP contribution in [0.15, 0.2) is 18.2 Å². The first-order valence-corrected chi connectivity index (χ1v) is 8.67. The molecule has 0 aromatic heterocycles. The van der Waals surface area contributed by atoms with Crippen LogP contribution >= 0.6 is 23.2 Å². The predicted molar refractivity (Wildman–Crippen MR) is 88.4 cm³/mol. The number of imide groups is 1. The van der Waals surface area contributed by atoms with Gasteiger partial charge in [0.1, 0.15) is 13.2 Å². The van der Waals surface area contributed by atoms with Gasteiger partial charge in [-0.15, -0.1) is 0 Å². The molecule has 2 amide bonds. The molecule has 1 aromatic rings. The molecule has 1 aromatic carbocycles. The highest BCUT2D eigenvalue weighted by atomic mass is 35.5.